The van der Waals surface area contributed by atoms with Crippen LogP contribution in [0, 0.1) is 11.3 Å². The number of hydrogen-bond donors (Lipinski definition) is 1. The first-order chi connectivity index (χ1) is 8.39. The molecule has 1 saturated heterocycles. The lowest BCUT2D eigenvalue weighted by atomic mass is 9.81. The Bertz CT molecular complexity index is 286. The highest BCUT2D eigenvalue weighted by Crippen LogP contribution is 2.32. The lowest BCUT2D eigenvalue weighted by molar-refractivity contribution is -0.153. The van der Waals surface area contributed by atoms with E-state index in [-0.39, 0.29) is 29.8 Å². The van der Waals surface area contributed by atoms with E-state index in [9.17, 15) is 9.59 Å². The van der Waals surface area contributed by atoms with Crippen molar-refractivity contribution in [2.75, 3.05) is 13.2 Å². The lowest BCUT2D eigenvalue weighted by Gasteiger charge is -2.36. The summed E-state index contributed by atoms with van der Waals surface area (Å²) in [7, 11) is 0. The molecule has 1 aliphatic heterocycles. The Morgan fingerprint density at radius 2 is 1.78 bits per heavy atom. The summed E-state index contributed by atoms with van der Waals surface area (Å²) < 4.78 is 0. The molecule has 0 aromatic carbocycles. The SMILES string of the molecule is CCCC(CCO)CN1C(=O)CC(C)(C)CC1=O. The monoisotopic (exact) mass is 255 g/mol. The third-order valence-corrected chi connectivity index (χ3v) is 3.54. The Hall–Kier alpha value is -0.900. The maximum Gasteiger partial charge on any atom is 0.229 e. The molecule has 0 aromatic heterocycles. The Labute approximate surface area is 109 Å². The quantitative estimate of drug-likeness (QED) is 0.738. The largest absolute Gasteiger partial charge is 0.396 e. The van der Waals surface area contributed by atoms with Crippen LogP contribution in [0.4, 0.5) is 0 Å². The summed E-state index contributed by atoms with van der Waals surface area (Å²) in [5.74, 6) is 0.111. The van der Waals surface area contributed by atoms with Crippen LogP contribution in [-0.2, 0) is 9.59 Å². The Morgan fingerprint density at radius 1 is 1.22 bits per heavy atom. The van der Waals surface area contributed by atoms with Gasteiger partial charge in [-0.25, -0.2) is 0 Å². The number of piperidine rings is 1. The van der Waals surface area contributed by atoms with E-state index >= 15 is 0 Å². The molecule has 0 saturated carbocycles. The van der Waals surface area contributed by atoms with Gasteiger partial charge in [0.1, 0.15) is 0 Å². The average Bonchev–Trinajstić information content (AvgIpc) is 2.22. The summed E-state index contributed by atoms with van der Waals surface area (Å²) >= 11 is 0. The van der Waals surface area contributed by atoms with Crippen LogP contribution in [0.2, 0.25) is 0 Å². The molecule has 1 fully saturated rings. The molecule has 0 aliphatic carbocycles. The van der Waals surface area contributed by atoms with Crippen LogP contribution in [-0.4, -0.2) is 35.0 Å². The minimum Gasteiger partial charge on any atom is -0.396 e. The molecule has 1 rings (SSSR count). The van der Waals surface area contributed by atoms with Crippen molar-refractivity contribution in [1.82, 2.24) is 4.90 Å². The van der Waals surface area contributed by atoms with Crippen molar-refractivity contribution < 1.29 is 14.7 Å². The van der Waals surface area contributed by atoms with E-state index in [2.05, 4.69) is 6.92 Å². The molecule has 0 aromatic rings. The van der Waals surface area contributed by atoms with Gasteiger partial charge in [-0.05, 0) is 24.2 Å². The van der Waals surface area contributed by atoms with Gasteiger partial charge in [0.15, 0.2) is 0 Å². The molecular weight excluding hydrogens is 230 g/mol. The number of aliphatic hydroxyl groups is 1. The van der Waals surface area contributed by atoms with E-state index in [4.69, 9.17) is 5.11 Å². The van der Waals surface area contributed by atoms with E-state index in [1.807, 2.05) is 13.8 Å². The number of amides is 2. The number of carbonyl (C=O) groups excluding carboxylic acids is 2. The van der Waals surface area contributed by atoms with Gasteiger partial charge in [0.2, 0.25) is 11.8 Å². The predicted octanol–water partition coefficient (Wildman–Crippen LogP) is 1.96. The normalized spacial score (nSPS) is 21.2. The van der Waals surface area contributed by atoms with Gasteiger partial charge >= 0.3 is 0 Å². The fourth-order valence-corrected chi connectivity index (χ4v) is 2.59. The number of likely N-dealkylation sites (tertiary alicyclic amines) is 1. The van der Waals surface area contributed by atoms with Crippen molar-refractivity contribution >= 4 is 11.8 Å². The molecule has 0 radical (unpaired) electrons. The maximum atomic E-state index is 12.0. The average molecular weight is 255 g/mol. The van der Waals surface area contributed by atoms with Gasteiger partial charge in [-0.3, -0.25) is 14.5 Å². The van der Waals surface area contributed by atoms with E-state index < -0.39 is 0 Å². The highest BCUT2D eigenvalue weighted by Gasteiger charge is 2.37. The lowest BCUT2D eigenvalue weighted by Crippen LogP contribution is -2.48. The molecular formula is C14H25NO3. The zero-order valence-corrected chi connectivity index (χ0v) is 11.7. The summed E-state index contributed by atoms with van der Waals surface area (Å²) in [6, 6.07) is 0. The minimum absolute atomic E-state index is 0.0599. The predicted molar refractivity (Wildman–Crippen MR) is 69.8 cm³/mol. The third kappa shape index (κ3) is 4.09. The first kappa shape index (κ1) is 15.2. The summed E-state index contributed by atoms with van der Waals surface area (Å²) in [6.07, 6.45) is 3.50. The zero-order valence-electron chi connectivity index (χ0n) is 11.7. The van der Waals surface area contributed by atoms with Crippen LogP contribution in [0.3, 0.4) is 0 Å². The van der Waals surface area contributed by atoms with Crippen LogP contribution >= 0.6 is 0 Å². The van der Waals surface area contributed by atoms with Gasteiger partial charge in [-0.1, -0.05) is 27.2 Å². The second-order valence-corrected chi connectivity index (χ2v) is 6.08. The molecule has 0 spiro atoms. The number of aliphatic hydroxyl groups excluding tert-OH is 1. The molecule has 18 heavy (non-hydrogen) atoms. The van der Waals surface area contributed by atoms with Crippen molar-refractivity contribution in [3.63, 3.8) is 0 Å². The van der Waals surface area contributed by atoms with Gasteiger partial charge < -0.3 is 5.11 Å². The highest BCUT2D eigenvalue weighted by molar-refractivity contribution is 5.98. The number of rotatable bonds is 6. The minimum atomic E-state index is -0.206. The smallest absolute Gasteiger partial charge is 0.229 e. The van der Waals surface area contributed by atoms with E-state index in [0.717, 1.165) is 12.8 Å². The van der Waals surface area contributed by atoms with Crippen molar-refractivity contribution in [3.05, 3.63) is 0 Å². The molecule has 2 amide bonds. The topological polar surface area (TPSA) is 57.6 Å². The molecule has 1 N–H and O–H groups in total. The van der Waals surface area contributed by atoms with E-state index in [1.54, 1.807) is 0 Å². The molecule has 4 heteroatoms. The van der Waals surface area contributed by atoms with Crippen LogP contribution in [0.25, 0.3) is 0 Å². The van der Waals surface area contributed by atoms with Crippen molar-refractivity contribution in [3.8, 4) is 0 Å². The van der Waals surface area contributed by atoms with Crippen molar-refractivity contribution in [1.29, 1.82) is 0 Å². The molecule has 104 valence electrons. The third-order valence-electron chi connectivity index (χ3n) is 3.54. The van der Waals surface area contributed by atoms with Gasteiger partial charge in [-0.2, -0.15) is 0 Å². The molecule has 1 aliphatic rings. The summed E-state index contributed by atoms with van der Waals surface area (Å²) in [5, 5.41) is 9.02. The summed E-state index contributed by atoms with van der Waals surface area (Å²) in [6.45, 7) is 6.58. The van der Waals surface area contributed by atoms with Gasteiger partial charge in [0, 0.05) is 26.0 Å². The highest BCUT2D eigenvalue weighted by atomic mass is 16.3. The number of carbonyl (C=O) groups is 2. The van der Waals surface area contributed by atoms with Crippen LogP contribution in [0.15, 0.2) is 0 Å². The molecule has 1 heterocycles. The van der Waals surface area contributed by atoms with Gasteiger partial charge in [0.05, 0.1) is 0 Å². The van der Waals surface area contributed by atoms with E-state index in [1.165, 1.54) is 4.90 Å². The first-order valence-corrected chi connectivity index (χ1v) is 6.83. The fourth-order valence-electron chi connectivity index (χ4n) is 2.59. The molecule has 1 atom stereocenters. The first-order valence-electron chi connectivity index (χ1n) is 6.83. The van der Waals surface area contributed by atoms with Crippen LogP contribution in [0.5, 0.6) is 0 Å². The van der Waals surface area contributed by atoms with Gasteiger partial charge in [-0.15, -0.1) is 0 Å². The number of nitrogens with zero attached hydrogens (tertiary/aromatic N) is 1. The molecule has 0 bridgehead atoms. The summed E-state index contributed by atoms with van der Waals surface area (Å²) in [5.41, 5.74) is -0.206. The Kier molecular flexibility index (Phi) is 5.32. The van der Waals surface area contributed by atoms with Crippen LogP contribution in [0.1, 0.15) is 52.9 Å². The second-order valence-electron chi connectivity index (χ2n) is 6.08. The zero-order chi connectivity index (χ0) is 13.8. The van der Waals surface area contributed by atoms with Crippen LogP contribution < -0.4 is 0 Å². The van der Waals surface area contributed by atoms with Gasteiger partial charge in [0.25, 0.3) is 0 Å². The fraction of sp³-hybridized carbons (Fsp3) is 0.857. The maximum absolute atomic E-state index is 12.0. The Morgan fingerprint density at radius 3 is 2.22 bits per heavy atom. The molecule has 1 unspecified atom stereocenters. The summed E-state index contributed by atoms with van der Waals surface area (Å²) in [4.78, 5) is 25.4. The van der Waals surface area contributed by atoms with Crippen molar-refractivity contribution in [2.24, 2.45) is 11.3 Å². The van der Waals surface area contributed by atoms with Crippen molar-refractivity contribution in [2.45, 2.75) is 52.9 Å². The number of imide groups is 1. The Balaban J connectivity index is 2.65. The van der Waals surface area contributed by atoms with E-state index in [0.29, 0.717) is 25.8 Å². The second kappa shape index (κ2) is 6.32. The molecule has 4 nitrogen and oxygen atoms in total. The number of hydrogen-bond acceptors (Lipinski definition) is 3. The standard InChI is InChI=1S/C14H25NO3/c1-4-5-11(6-7-16)10-15-12(17)8-14(2,3)9-13(15)18/h11,16H,4-10H2,1-3H3.